The Morgan fingerprint density at radius 3 is 2.65 bits per heavy atom. The number of aromatic nitrogens is 1. The van der Waals surface area contributed by atoms with Crippen LogP contribution >= 0.6 is 11.5 Å². The van der Waals surface area contributed by atoms with E-state index in [-0.39, 0.29) is 5.54 Å². The Hall–Kier alpha value is -1.01. The number of rotatable bonds is 6. The van der Waals surface area contributed by atoms with E-state index in [9.17, 15) is 0 Å². The maximum absolute atomic E-state index is 5.75. The lowest BCUT2D eigenvalue weighted by Gasteiger charge is -2.32. The number of nitrogens with two attached hydrogens (primary N) is 1. The summed E-state index contributed by atoms with van der Waals surface area (Å²) < 4.78 is 9.58. The Balaban J connectivity index is 2.69. The maximum atomic E-state index is 5.75. The number of nitrogens with one attached hydrogen (secondary N) is 1. The van der Waals surface area contributed by atoms with Crippen molar-refractivity contribution < 1.29 is 4.74 Å². The molecule has 0 aliphatic carbocycles. The summed E-state index contributed by atoms with van der Waals surface area (Å²) in [5.74, 6) is 1.13. The summed E-state index contributed by atoms with van der Waals surface area (Å²) in [6.45, 7) is 7.68. The van der Waals surface area contributed by atoms with E-state index < -0.39 is 0 Å². The molecule has 5 nitrogen and oxygen atoms in total. The molecular formula is C11H22N4OS. The molecule has 1 aromatic heterocycles. The third kappa shape index (κ3) is 3.47. The van der Waals surface area contributed by atoms with Gasteiger partial charge in [-0.15, -0.1) is 0 Å². The molecule has 1 heterocycles. The highest BCUT2D eigenvalue weighted by molar-refractivity contribution is 7.11. The van der Waals surface area contributed by atoms with Crippen LogP contribution in [0.5, 0.6) is 5.75 Å². The fourth-order valence-corrected chi connectivity index (χ4v) is 1.80. The van der Waals surface area contributed by atoms with Crippen LogP contribution in [0.1, 0.15) is 20.8 Å². The Kier molecular flexibility index (Phi) is 4.59. The molecule has 1 rings (SSSR count). The fourth-order valence-electron chi connectivity index (χ4n) is 1.15. The van der Waals surface area contributed by atoms with Gasteiger partial charge in [-0.05, 0) is 46.4 Å². The van der Waals surface area contributed by atoms with Gasteiger partial charge in [0.2, 0.25) is 0 Å². The Labute approximate surface area is 107 Å². The van der Waals surface area contributed by atoms with Gasteiger partial charge in [0.15, 0.2) is 16.6 Å². The predicted molar refractivity (Wildman–Crippen MR) is 74.0 cm³/mol. The smallest absolute Gasteiger partial charge is 0.197 e. The lowest BCUT2D eigenvalue weighted by molar-refractivity contribution is 0.210. The second-order valence-electron chi connectivity index (χ2n) is 4.72. The topological polar surface area (TPSA) is 63.4 Å². The standard InChI is InChI=1S/C11H22N4OS/c1-6-16-8-9(12)14-17-10(8)13-7-11(2,3)15(4)5/h13H,6-7H2,1-5H3,(H2,12,14). The quantitative estimate of drug-likeness (QED) is 0.815. The fraction of sp³-hybridized carbons (Fsp3) is 0.727. The van der Waals surface area contributed by atoms with Crippen molar-refractivity contribution in [2.45, 2.75) is 26.3 Å². The number of anilines is 2. The third-order valence-electron chi connectivity index (χ3n) is 2.86. The molecule has 0 amide bonds. The Bertz CT molecular complexity index is 362. The monoisotopic (exact) mass is 258 g/mol. The van der Waals surface area contributed by atoms with Gasteiger partial charge in [0.1, 0.15) is 0 Å². The summed E-state index contributed by atoms with van der Waals surface area (Å²) in [6, 6.07) is 0. The second kappa shape index (κ2) is 5.55. The first-order chi connectivity index (χ1) is 7.88. The lowest BCUT2D eigenvalue weighted by Crippen LogP contribution is -2.44. The minimum atomic E-state index is 0.0578. The first-order valence-corrected chi connectivity index (χ1v) is 6.45. The van der Waals surface area contributed by atoms with Gasteiger partial charge in [0.25, 0.3) is 0 Å². The molecular weight excluding hydrogens is 236 g/mol. The van der Waals surface area contributed by atoms with E-state index in [0.29, 0.717) is 18.2 Å². The highest BCUT2D eigenvalue weighted by Crippen LogP contribution is 2.35. The maximum Gasteiger partial charge on any atom is 0.197 e. The normalized spacial score (nSPS) is 11.9. The minimum Gasteiger partial charge on any atom is -0.487 e. The number of ether oxygens (including phenoxy) is 1. The molecule has 0 spiro atoms. The van der Waals surface area contributed by atoms with Gasteiger partial charge in [-0.2, -0.15) is 4.37 Å². The Morgan fingerprint density at radius 1 is 1.47 bits per heavy atom. The molecule has 0 saturated heterocycles. The lowest BCUT2D eigenvalue weighted by atomic mass is 10.0. The van der Waals surface area contributed by atoms with Gasteiger partial charge in [-0.25, -0.2) is 0 Å². The van der Waals surface area contributed by atoms with Crippen LogP contribution in [0.25, 0.3) is 0 Å². The molecule has 0 atom stereocenters. The number of nitrogens with zero attached hydrogens (tertiary/aromatic N) is 2. The van der Waals surface area contributed by atoms with Crippen LogP contribution in [-0.2, 0) is 0 Å². The van der Waals surface area contributed by atoms with E-state index in [0.717, 1.165) is 11.5 Å². The van der Waals surface area contributed by atoms with Crippen molar-refractivity contribution in [2.24, 2.45) is 0 Å². The molecule has 0 unspecified atom stereocenters. The van der Waals surface area contributed by atoms with Crippen molar-refractivity contribution in [3.05, 3.63) is 0 Å². The van der Waals surface area contributed by atoms with Crippen LogP contribution in [0.4, 0.5) is 10.8 Å². The van der Waals surface area contributed by atoms with Gasteiger partial charge in [0, 0.05) is 12.1 Å². The summed E-state index contributed by atoms with van der Waals surface area (Å²) in [6.07, 6.45) is 0. The molecule has 0 aliphatic rings. The molecule has 0 aliphatic heterocycles. The van der Waals surface area contributed by atoms with Crippen molar-refractivity contribution in [3.8, 4) is 5.75 Å². The van der Waals surface area contributed by atoms with Crippen molar-refractivity contribution in [2.75, 3.05) is 38.3 Å². The molecule has 17 heavy (non-hydrogen) atoms. The number of nitrogen functional groups attached to an aromatic ring is 1. The predicted octanol–water partition coefficient (Wildman–Crippen LogP) is 1.88. The van der Waals surface area contributed by atoms with Gasteiger partial charge in [-0.1, -0.05) is 0 Å². The number of hydrogen-bond donors (Lipinski definition) is 2. The zero-order valence-electron chi connectivity index (χ0n) is 11.2. The summed E-state index contributed by atoms with van der Waals surface area (Å²) in [4.78, 5) is 2.17. The second-order valence-corrected chi connectivity index (χ2v) is 5.49. The molecule has 6 heteroatoms. The van der Waals surface area contributed by atoms with Crippen molar-refractivity contribution in [1.29, 1.82) is 0 Å². The van der Waals surface area contributed by atoms with Crippen molar-refractivity contribution in [1.82, 2.24) is 9.27 Å². The zero-order chi connectivity index (χ0) is 13.1. The van der Waals surface area contributed by atoms with Crippen LogP contribution < -0.4 is 15.8 Å². The van der Waals surface area contributed by atoms with Gasteiger partial charge < -0.3 is 20.7 Å². The van der Waals surface area contributed by atoms with Gasteiger partial charge in [0.05, 0.1) is 6.61 Å². The van der Waals surface area contributed by atoms with E-state index in [4.69, 9.17) is 10.5 Å². The first-order valence-electron chi connectivity index (χ1n) is 5.67. The molecule has 0 fully saturated rings. The van der Waals surface area contributed by atoms with E-state index >= 15 is 0 Å². The molecule has 3 N–H and O–H groups in total. The molecule has 0 saturated carbocycles. The average Bonchev–Trinajstić information content (AvgIpc) is 2.58. The van der Waals surface area contributed by atoms with Crippen LogP contribution in [0.2, 0.25) is 0 Å². The van der Waals surface area contributed by atoms with Crippen molar-refractivity contribution in [3.63, 3.8) is 0 Å². The summed E-state index contributed by atoms with van der Waals surface area (Å²) in [5, 5.41) is 4.25. The van der Waals surface area contributed by atoms with Crippen LogP contribution in [-0.4, -0.2) is 42.1 Å². The summed E-state index contributed by atoms with van der Waals surface area (Å²) >= 11 is 1.34. The van der Waals surface area contributed by atoms with Gasteiger partial charge in [-0.3, -0.25) is 0 Å². The zero-order valence-corrected chi connectivity index (χ0v) is 12.0. The largest absolute Gasteiger partial charge is 0.487 e. The van der Waals surface area contributed by atoms with Crippen LogP contribution in [0.3, 0.4) is 0 Å². The molecule has 1 aromatic rings. The minimum absolute atomic E-state index is 0.0578. The summed E-state index contributed by atoms with van der Waals surface area (Å²) in [7, 11) is 4.12. The van der Waals surface area contributed by atoms with Crippen molar-refractivity contribution >= 4 is 22.4 Å². The SMILES string of the molecule is CCOc1c(N)nsc1NCC(C)(C)N(C)C. The number of likely N-dealkylation sites (N-methyl/N-ethyl adjacent to an activating group) is 1. The molecule has 98 valence electrons. The van der Waals surface area contributed by atoms with E-state index in [2.05, 4.69) is 42.5 Å². The number of hydrogen-bond acceptors (Lipinski definition) is 6. The highest BCUT2D eigenvalue weighted by atomic mass is 32.1. The molecule has 0 radical (unpaired) electrons. The first kappa shape index (κ1) is 14.1. The Morgan fingerprint density at radius 2 is 2.12 bits per heavy atom. The molecule has 0 aromatic carbocycles. The van der Waals surface area contributed by atoms with E-state index in [1.54, 1.807) is 0 Å². The van der Waals surface area contributed by atoms with Gasteiger partial charge >= 0.3 is 0 Å². The van der Waals surface area contributed by atoms with Crippen LogP contribution in [0, 0.1) is 0 Å². The third-order valence-corrected chi connectivity index (χ3v) is 3.66. The van der Waals surface area contributed by atoms with E-state index in [1.807, 2.05) is 6.92 Å². The highest BCUT2D eigenvalue weighted by Gasteiger charge is 2.22. The van der Waals surface area contributed by atoms with Crippen LogP contribution in [0.15, 0.2) is 0 Å². The average molecular weight is 258 g/mol. The summed E-state index contributed by atoms with van der Waals surface area (Å²) in [5.41, 5.74) is 5.81. The molecule has 0 bridgehead atoms. The van der Waals surface area contributed by atoms with E-state index in [1.165, 1.54) is 11.5 Å².